The first kappa shape index (κ1) is 23.3. The minimum Gasteiger partial charge on any atom is -0.399 e. The third kappa shape index (κ3) is 3.57. The van der Waals surface area contributed by atoms with Crippen LogP contribution in [0.3, 0.4) is 0 Å². The zero-order valence-electron chi connectivity index (χ0n) is 22.1. The first-order chi connectivity index (χ1) is 17.1. The normalized spacial score (nSPS) is 18.7. The van der Waals surface area contributed by atoms with Crippen LogP contribution in [0.25, 0.3) is 33.4 Å². The first-order valence-electron chi connectivity index (χ1n) is 12.9. The zero-order valence-corrected chi connectivity index (χ0v) is 22.1. The van der Waals surface area contributed by atoms with E-state index in [9.17, 15) is 0 Å². The van der Waals surface area contributed by atoms with Crippen molar-refractivity contribution < 1.29 is 9.31 Å². The molecule has 4 aromatic rings. The number of hydrogen-bond donors (Lipinski definition) is 0. The SMILES string of the molecule is CC1(C)c2cc(-c3ccccc3)ccc2-c2ccc(-c3cccc(B4OC(C)(C)C(C)(C)O4)c3)cc21. The van der Waals surface area contributed by atoms with E-state index in [1.165, 1.54) is 44.5 Å². The van der Waals surface area contributed by atoms with E-state index in [-0.39, 0.29) is 23.7 Å². The van der Waals surface area contributed by atoms with Gasteiger partial charge in [0.1, 0.15) is 0 Å². The lowest BCUT2D eigenvalue weighted by molar-refractivity contribution is 0.00578. The summed E-state index contributed by atoms with van der Waals surface area (Å²) >= 11 is 0. The molecule has 1 heterocycles. The van der Waals surface area contributed by atoms with Gasteiger partial charge in [-0.15, -0.1) is 0 Å². The van der Waals surface area contributed by atoms with Crippen molar-refractivity contribution in [2.24, 2.45) is 0 Å². The van der Waals surface area contributed by atoms with Crippen LogP contribution in [0.1, 0.15) is 52.7 Å². The standard InChI is InChI=1S/C33H33BO2/c1-31(2)29-20-24(22-11-8-7-9-12-22)15-17-27(29)28-18-16-25(21-30(28)31)23-13-10-14-26(19-23)34-35-32(3,4)33(5,6)36-34/h7-21H,1-6H3. The van der Waals surface area contributed by atoms with Gasteiger partial charge in [0.15, 0.2) is 0 Å². The Morgan fingerprint density at radius 2 is 1.00 bits per heavy atom. The predicted octanol–water partition coefficient (Wildman–Crippen LogP) is 7.63. The molecule has 0 spiro atoms. The summed E-state index contributed by atoms with van der Waals surface area (Å²) in [5.74, 6) is 0. The molecule has 0 saturated carbocycles. The molecule has 0 N–H and O–H groups in total. The number of hydrogen-bond acceptors (Lipinski definition) is 2. The van der Waals surface area contributed by atoms with Crippen LogP contribution in [0.15, 0.2) is 91.0 Å². The van der Waals surface area contributed by atoms with Crippen molar-refractivity contribution in [2.75, 3.05) is 0 Å². The molecule has 2 aliphatic rings. The monoisotopic (exact) mass is 472 g/mol. The van der Waals surface area contributed by atoms with Crippen LogP contribution in [0.2, 0.25) is 0 Å². The van der Waals surface area contributed by atoms with Crippen LogP contribution in [0, 0.1) is 0 Å². The smallest absolute Gasteiger partial charge is 0.399 e. The van der Waals surface area contributed by atoms with Crippen LogP contribution in [0.5, 0.6) is 0 Å². The molecule has 0 bridgehead atoms. The van der Waals surface area contributed by atoms with Crippen molar-refractivity contribution in [3.8, 4) is 33.4 Å². The van der Waals surface area contributed by atoms with Crippen molar-refractivity contribution in [1.29, 1.82) is 0 Å². The Morgan fingerprint density at radius 1 is 0.500 bits per heavy atom. The minimum atomic E-state index is -0.360. The van der Waals surface area contributed by atoms with Gasteiger partial charge in [-0.25, -0.2) is 0 Å². The number of benzene rings is 4. The fourth-order valence-electron chi connectivity index (χ4n) is 5.57. The first-order valence-corrected chi connectivity index (χ1v) is 12.9. The average Bonchev–Trinajstić information content (AvgIpc) is 3.23. The third-order valence-corrected chi connectivity index (χ3v) is 8.53. The van der Waals surface area contributed by atoms with Crippen molar-refractivity contribution in [3.05, 3.63) is 102 Å². The summed E-state index contributed by atoms with van der Waals surface area (Å²) < 4.78 is 12.6. The summed E-state index contributed by atoms with van der Waals surface area (Å²) in [5, 5.41) is 0. The van der Waals surface area contributed by atoms with Crippen molar-refractivity contribution in [1.82, 2.24) is 0 Å². The molecule has 180 valence electrons. The Bertz CT molecular complexity index is 1450. The van der Waals surface area contributed by atoms with E-state index in [2.05, 4.69) is 133 Å². The third-order valence-electron chi connectivity index (χ3n) is 8.53. The van der Waals surface area contributed by atoms with E-state index < -0.39 is 0 Å². The van der Waals surface area contributed by atoms with Gasteiger partial charge in [0, 0.05) is 5.41 Å². The van der Waals surface area contributed by atoms with Gasteiger partial charge >= 0.3 is 7.12 Å². The lowest BCUT2D eigenvalue weighted by Gasteiger charge is -2.32. The molecule has 1 fully saturated rings. The van der Waals surface area contributed by atoms with E-state index >= 15 is 0 Å². The molecule has 1 aliphatic carbocycles. The van der Waals surface area contributed by atoms with Gasteiger partial charge in [0.2, 0.25) is 0 Å². The maximum atomic E-state index is 6.32. The quantitative estimate of drug-likeness (QED) is 0.286. The molecule has 0 radical (unpaired) electrons. The molecule has 3 heteroatoms. The van der Waals surface area contributed by atoms with Crippen molar-refractivity contribution in [3.63, 3.8) is 0 Å². The van der Waals surface area contributed by atoms with E-state index in [1.807, 2.05) is 0 Å². The second kappa shape index (κ2) is 7.93. The lowest BCUT2D eigenvalue weighted by atomic mass is 9.77. The summed E-state index contributed by atoms with van der Waals surface area (Å²) in [4.78, 5) is 0. The van der Waals surface area contributed by atoms with E-state index in [0.29, 0.717) is 0 Å². The molecule has 0 unspecified atom stereocenters. The van der Waals surface area contributed by atoms with Crippen LogP contribution in [0.4, 0.5) is 0 Å². The van der Waals surface area contributed by atoms with Crippen LogP contribution in [-0.4, -0.2) is 18.3 Å². The maximum absolute atomic E-state index is 6.32. The van der Waals surface area contributed by atoms with Crippen molar-refractivity contribution >= 4 is 12.6 Å². The Kier molecular flexibility index (Phi) is 5.13. The van der Waals surface area contributed by atoms with E-state index in [1.54, 1.807) is 0 Å². The van der Waals surface area contributed by atoms with Gasteiger partial charge in [-0.3, -0.25) is 0 Å². The molecule has 6 rings (SSSR count). The highest BCUT2D eigenvalue weighted by atomic mass is 16.7. The molecule has 0 atom stereocenters. The maximum Gasteiger partial charge on any atom is 0.494 e. The van der Waals surface area contributed by atoms with Gasteiger partial charge in [-0.05, 0) is 89.8 Å². The fourth-order valence-corrected chi connectivity index (χ4v) is 5.57. The second-order valence-corrected chi connectivity index (χ2v) is 11.7. The van der Waals surface area contributed by atoms with Gasteiger partial charge in [0.25, 0.3) is 0 Å². The summed E-state index contributed by atoms with van der Waals surface area (Å²) in [5.41, 5.74) is 10.6. The molecular formula is C33H33BO2. The van der Waals surface area contributed by atoms with Crippen molar-refractivity contribution in [2.45, 2.75) is 58.2 Å². The molecule has 1 saturated heterocycles. The summed E-state index contributed by atoms with van der Waals surface area (Å²) in [6.07, 6.45) is 0. The highest BCUT2D eigenvalue weighted by Crippen LogP contribution is 2.50. The van der Waals surface area contributed by atoms with Gasteiger partial charge in [0.05, 0.1) is 11.2 Å². The Hall–Kier alpha value is -3.14. The number of rotatable bonds is 3. The van der Waals surface area contributed by atoms with Gasteiger partial charge in [-0.1, -0.05) is 92.7 Å². The second-order valence-electron chi connectivity index (χ2n) is 11.7. The van der Waals surface area contributed by atoms with Crippen LogP contribution >= 0.6 is 0 Å². The molecule has 1 aliphatic heterocycles. The predicted molar refractivity (Wildman–Crippen MR) is 151 cm³/mol. The Balaban J connectivity index is 1.37. The summed E-state index contributed by atoms with van der Waals surface area (Å²) in [7, 11) is -0.360. The zero-order chi connectivity index (χ0) is 25.3. The van der Waals surface area contributed by atoms with Crippen LogP contribution < -0.4 is 5.46 Å². The molecule has 0 aromatic heterocycles. The fraction of sp³-hybridized carbons (Fsp3) is 0.273. The molecule has 36 heavy (non-hydrogen) atoms. The Morgan fingerprint density at radius 3 is 1.58 bits per heavy atom. The van der Waals surface area contributed by atoms with Crippen LogP contribution in [-0.2, 0) is 14.7 Å². The summed E-state index contributed by atoms with van der Waals surface area (Å²) in [6.45, 7) is 13.1. The lowest BCUT2D eigenvalue weighted by Crippen LogP contribution is -2.41. The molecule has 0 amide bonds. The average molecular weight is 472 g/mol. The highest BCUT2D eigenvalue weighted by molar-refractivity contribution is 6.62. The molecular weight excluding hydrogens is 439 g/mol. The van der Waals surface area contributed by atoms with E-state index in [4.69, 9.17) is 9.31 Å². The topological polar surface area (TPSA) is 18.5 Å². The molecule has 2 nitrogen and oxygen atoms in total. The highest BCUT2D eigenvalue weighted by Gasteiger charge is 2.51. The molecule has 4 aromatic carbocycles. The van der Waals surface area contributed by atoms with E-state index in [0.717, 1.165) is 5.46 Å². The largest absolute Gasteiger partial charge is 0.494 e. The summed E-state index contributed by atoms with van der Waals surface area (Å²) in [6, 6.07) is 33.1. The number of fused-ring (bicyclic) bond motifs is 3. The van der Waals surface area contributed by atoms with Gasteiger partial charge < -0.3 is 9.31 Å². The Labute approximate surface area is 215 Å². The minimum absolute atomic E-state index is 0.0746. The van der Waals surface area contributed by atoms with Gasteiger partial charge in [-0.2, -0.15) is 0 Å².